The monoisotopic (exact) mass is 332 g/mol. The molecule has 2 fully saturated rings. The number of nitrogens with zero attached hydrogens (tertiary/aromatic N) is 3. The Morgan fingerprint density at radius 3 is 2.84 bits per heavy atom. The van der Waals surface area contributed by atoms with Crippen LogP contribution in [-0.2, 0) is 0 Å². The standard InChI is InChI=1S/C21H24N4/c1-14-9-16(13-25(12-14)19-10-21(24-19)6-7-21)17-5-4-15(11-22)20-18(17)3-2-8-23-20/h2-5,8,11,14,16,22H,6-7,9-10,12-13H2,1H3/t14-,16-/m0/s1. The highest BCUT2D eigenvalue weighted by Gasteiger charge is 2.51. The Labute approximate surface area is 148 Å². The number of fused-ring (bicyclic) bond motifs is 1. The number of amidine groups is 1. The predicted molar refractivity (Wildman–Crippen MR) is 102 cm³/mol. The summed E-state index contributed by atoms with van der Waals surface area (Å²) in [5.74, 6) is 2.52. The second-order valence-corrected chi connectivity index (χ2v) is 8.16. The summed E-state index contributed by atoms with van der Waals surface area (Å²) in [4.78, 5) is 12.0. The molecule has 1 aromatic carbocycles. The van der Waals surface area contributed by atoms with E-state index >= 15 is 0 Å². The Hall–Kier alpha value is -2.23. The van der Waals surface area contributed by atoms with Crippen LogP contribution < -0.4 is 0 Å². The van der Waals surface area contributed by atoms with Crippen molar-refractivity contribution in [1.29, 1.82) is 5.41 Å². The fourth-order valence-electron chi connectivity index (χ4n) is 4.65. The lowest BCUT2D eigenvalue weighted by molar-refractivity contribution is 0.233. The number of pyridine rings is 1. The Kier molecular flexibility index (Phi) is 3.24. The normalized spacial score (nSPS) is 27.1. The van der Waals surface area contributed by atoms with Crippen LogP contribution in [0.25, 0.3) is 10.9 Å². The van der Waals surface area contributed by atoms with Crippen molar-refractivity contribution in [1.82, 2.24) is 9.88 Å². The van der Waals surface area contributed by atoms with Crippen LogP contribution in [0.4, 0.5) is 0 Å². The Morgan fingerprint density at radius 1 is 1.24 bits per heavy atom. The molecule has 0 unspecified atom stereocenters. The number of hydrogen-bond acceptors (Lipinski definition) is 4. The second-order valence-electron chi connectivity index (χ2n) is 8.16. The fourth-order valence-corrected chi connectivity index (χ4v) is 4.65. The highest BCUT2D eigenvalue weighted by atomic mass is 15.3. The number of likely N-dealkylation sites (tertiary alicyclic amines) is 1. The van der Waals surface area contributed by atoms with Gasteiger partial charge in [-0.25, -0.2) is 0 Å². The van der Waals surface area contributed by atoms with Gasteiger partial charge in [-0.05, 0) is 36.8 Å². The van der Waals surface area contributed by atoms with Gasteiger partial charge in [0.15, 0.2) is 0 Å². The van der Waals surface area contributed by atoms with E-state index in [9.17, 15) is 0 Å². The van der Waals surface area contributed by atoms with Gasteiger partial charge in [-0.3, -0.25) is 9.98 Å². The Balaban J connectivity index is 1.50. The molecule has 128 valence electrons. The second kappa shape index (κ2) is 5.38. The van der Waals surface area contributed by atoms with Crippen molar-refractivity contribution in [3.8, 4) is 0 Å². The molecular formula is C21H24N4. The van der Waals surface area contributed by atoms with Crippen LogP contribution in [0.5, 0.6) is 0 Å². The summed E-state index contributed by atoms with van der Waals surface area (Å²) < 4.78 is 0. The first-order valence-electron chi connectivity index (χ1n) is 9.39. The first kappa shape index (κ1) is 15.1. The van der Waals surface area contributed by atoms with E-state index in [0.717, 1.165) is 24.2 Å². The number of aromatic nitrogens is 1. The molecule has 1 saturated heterocycles. The van der Waals surface area contributed by atoms with Gasteiger partial charge in [-0.2, -0.15) is 0 Å². The van der Waals surface area contributed by atoms with Crippen LogP contribution in [0, 0.1) is 11.3 Å². The molecule has 3 aliphatic rings. The zero-order chi connectivity index (χ0) is 17.0. The molecule has 0 radical (unpaired) electrons. The number of piperidine rings is 1. The van der Waals surface area contributed by atoms with E-state index in [4.69, 9.17) is 10.4 Å². The van der Waals surface area contributed by atoms with E-state index < -0.39 is 0 Å². The van der Waals surface area contributed by atoms with Gasteiger partial charge in [0, 0.05) is 48.8 Å². The molecule has 3 heterocycles. The first-order valence-corrected chi connectivity index (χ1v) is 9.39. The molecule has 0 amide bonds. The van der Waals surface area contributed by atoms with Gasteiger partial charge >= 0.3 is 0 Å². The van der Waals surface area contributed by atoms with Crippen LogP contribution in [0.15, 0.2) is 35.5 Å². The topological polar surface area (TPSA) is 52.3 Å². The van der Waals surface area contributed by atoms with E-state index in [-0.39, 0.29) is 0 Å². The molecule has 5 rings (SSSR count). The summed E-state index contributed by atoms with van der Waals surface area (Å²) in [5.41, 5.74) is 3.61. The summed E-state index contributed by atoms with van der Waals surface area (Å²) in [7, 11) is 0. The summed E-state index contributed by atoms with van der Waals surface area (Å²) in [5, 5.41) is 8.85. The highest BCUT2D eigenvalue weighted by Crippen LogP contribution is 2.50. The number of aliphatic imine (C=N–C) groups is 1. The lowest BCUT2D eigenvalue weighted by atomic mass is 9.82. The van der Waals surface area contributed by atoms with Crippen molar-refractivity contribution in [2.75, 3.05) is 13.1 Å². The molecule has 1 aliphatic carbocycles. The Morgan fingerprint density at radius 2 is 2.08 bits per heavy atom. The predicted octanol–water partition coefficient (Wildman–Crippen LogP) is 3.99. The summed E-state index contributed by atoms with van der Waals surface area (Å²) in [6.07, 6.45) is 8.24. The van der Waals surface area contributed by atoms with Crippen molar-refractivity contribution in [2.24, 2.45) is 10.9 Å². The average molecular weight is 332 g/mol. The number of rotatable bonds is 2. The van der Waals surface area contributed by atoms with Gasteiger partial charge in [0.2, 0.25) is 0 Å². The molecule has 2 aromatic rings. The van der Waals surface area contributed by atoms with E-state index in [1.54, 1.807) is 0 Å². The van der Waals surface area contributed by atoms with E-state index in [0.29, 0.717) is 17.4 Å². The molecule has 4 nitrogen and oxygen atoms in total. The van der Waals surface area contributed by atoms with Gasteiger partial charge in [0.25, 0.3) is 0 Å². The zero-order valence-corrected chi connectivity index (χ0v) is 14.7. The number of benzene rings is 1. The maximum absolute atomic E-state index is 7.65. The zero-order valence-electron chi connectivity index (χ0n) is 14.7. The fraction of sp³-hybridized carbons (Fsp3) is 0.476. The van der Waals surface area contributed by atoms with Gasteiger partial charge in [-0.15, -0.1) is 0 Å². The average Bonchev–Trinajstić information content (AvgIpc) is 3.40. The van der Waals surface area contributed by atoms with Gasteiger partial charge in [0.1, 0.15) is 5.84 Å². The van der Waals surface area contributed by atoms with Crippen LogP contribution in [0.3, 0.4) is 0 Å². The molecule has 2 atom stereocenters. The molecule has 1 N–H and O–H groups in total. The van der Waals surface area contributed by atoms with Gasteiger partial charge in [0.05, 0.1) is 11.1 Å². The summed E-state index contributed by atoms with van der Waals surface area (Å²) in [6.45, 7) is 4.56. The third-order valence-corrected chi connectivity index (χ3v) is 6.14. The minimum atomic E-state index is 0.369. The number of nitrogens with one attached hydrogen (secondary N) is 1. The molecule has 4 heteroatoms. The third kappa shape index (κ3) is 2.46. The first-order chi connectivity index (χ1) is 12.2. The van der Waals surface area contributed by atoms with E-state index in [1.807, 2.05) is 12.3 Å². The van der Waals surface area contributed by atoms with E-state index in [1.165, 1.54) is 48.7 Å². The van der Waals surface area contributed by atoms with Crippen molar-refractivity contribution in [3.05, 3.63) is 41.6 Å². The summed E-state index contributed by atoms with van der Waals surface area (Å²) in [6, 6.07) is 8.45. The van der Waals surface area contributed by atoms with Crippen LogP contribution in [-0.4, -0.2) is 40.6 Å². The smallest absolute Gasteiger partial charge is 0.102 e. The largest absolute Gasteiger partial charge is 0.359 e. The Bertz CT molecular complexity index is 881. The molecular weight excluding hydrogens is 308 g/mol. The van der Waals surface area contributed by atoms with Crippen molar-refractivity contribution < 1.29 is 0 Å². The van der Waals surface area contributed by atoms with Crippen molar-refractivity contribution >= 4 is 23.0 Å². The highest BCUT2D eigenvalue weighted by molar-refractivity contribution is 5.98. The van der Waals surface area contributed by atoms with Crippen LogP contribution >= 0.6 is 0 Å². The lowest BCUT2D eigenvalue weighted by Crippen LogP contribution is -2.47. The minimum Gasteiger partial charge on any atom is -0.359 e. The maximum atomic E-state index is 7.65. The molecule has 0 bridgehead atoms. The van der Waals surface area contributed by atoms with Crippen molar-refractivity contribution in [3.63, 3.8) is 0 Å². The van der Waals surface area contributed by atoms with Crippen LogP contribution in [0.2, 0.25) is 0 Å². The van der Waals surface area contributed by atoms with Crippen molar-refractivity contribution in [2.45, 2.75) is 44.1 Å². The maximum Gasteiger partial charge on any atom is 0.102 e. The molecule has 1 aromatic heterocycles. The lowest BCUT2D eigenvalue weighted by Gasteiger charge is -2.42. The quantitative estimate of drug-likeness (QED) is 0.845. The van der Waals surface area contributed by atoms with E-state index in [2.05, 4.69) is 35.0 Å². The molecule has 2 aliphatic heterocycles. The molecule has 1 spiro atoms. The third-order valence-electron chi connectivity index (χ3n) is 6.14. The summed E-state index contributed by atoms with van der Waals surface area (Å²) >= 11 is 0. The van der Waals surface area contributed by atoms with Crippen LogP contribution in [0.1, 0.15) is 49.7 Å². The minimum absolute atomic E-state index is 0.369. The molecule has 1 saturated carbocycles. The van der Waals surface area contributed by atoms with Gasteiger partial charge < -0.3 is 10.3 Å². The SMILES string of the molecule is C[C@H]1C[C@H](c2ccc(C=N)c3ncccc23)CN(C2=NC3(CC3)C2)C1. The number of hydrogen-bond donors (Lipinski definition) is 1. The molecule has 25 heavy (non-hydrogen) atoms. The van der Waals surface area contributed by atoms with Gasteiger partial charge in [-0.1, -0.05) is 25.1 Å².